The van der Waals surface area contributed by atoms with Crippen molar-refractivity contribution in [2.45, 2.75) is 6.42 Å². The standard InChI is InChI=1S/C13H14ClNO4S/c1-2-5-19-12(18)15-7-13(8-15,11(16)17)6-9-3-4-10(14)20-9/h2-4H,1,5-8H2,(H,16,17). The predicted molar refractivity (Wildman–Crippen MR) is 76.2 cm³/mol. The largest absolute Gasteiger partial charge is 0.481 e. The van der Waals surface area contributed by atoms with Crippen LogP contribution in [0.15, 0.2) is 24.8 Å². The van der Waals surface area contributed by atoms with Gasteiger partial charge < -0.3 is 14.7 Å². The monoisotopic (exact) mass is 315 g/mol. The number of carbonyl (C=O) groups excluding carboxylic acids is 1. The summed E-state index contributed by atoms with van der Waals surface area (Å²) < 4.78 is 5.51. The molecule has 108 valence electrons. The summed E-state index contributed by atoms with van der Waals surface area (Å²) in [5, 5.41) is 9.40. The number of halogens is 1. The highest BCUT2D eigenvalue weighted by atomic mass is 35.5. The summed E-state index contributed by atoms with van der Waals surface area (Å²) in [5.74, 6) is -0.908. The number of amides is 1. The first-order chi connectivity index (χ1) is 9.47. The van der Waals surface area contributed by atoms with Gasteiger partial charge in [0.05, 0.1) is 4.34 Å². The average Bonchev–Trinajstić information content (AvgIpc) is 2.75. The van der Waals surface area contributed by atoms with Crippen LogP contribution in [0.2, 0.25) is 4.34 Å². The number of nitrogens with zero attached hydrogens (tertiary/aromatic N) is 1. The lowest BCUT2D eigenvalue weighted by Gasteiger charge is -2.46. The molecular formula is C13H14ClNO4S. The maximum absolute atomic E-state index is 11.6. The molecule has 5 nitrogen and oxygen atoms in total. The lowest BCUT2D eigenvalue weighted by molar-refractivity contribution is -0.158. The molecule has 20 heavy (non-hydrogen) atoms. The first kappa shape index (κ1) is 14.9. The Bertz CT molecular complexity index is 536. The highest BCUT2D eigenvalue weighted by Crippen LogP contribution is 2.37. The van der Waals surface area contributed by atoms with E-state index in [0.717, 1.165) is 4.88 Å². The first-order valence-corrected chi connectivity index (χ1v) is 7.16. The highest BCUT2D eigenvalue weighted by molar-refractivity contribution is 7.16. The van der Waals surface area contributed by atoms with Crippen molar-refractivity contribution in [1.29, 1.82) is 0 Å². The predicted octanol–water partition coefficient (Wildman–Crippen LogP) is 2.65. The highest BCUT2D eigenvalue weighted by Gasteiger charge is 2.52. The number of carbonyl (C=O) groups is 2. The molecule has 1 aromatic heterocycles. The summed E-state index contributed by atoms with van der Waals surface area (Å²) in [4.78, 5) is 25.4. The van der Waals surface area contributed by atoms with Crippen LogP contribution < -0.4 is 0 Å². The Kier molecular flexibility index (Phi) is 4.35. The summed E-state index contributed by atoms with van der Waals surface area (Å²) in [6.07, 6.45) is 1.33. The van der Waals surface area contributed by atoms with E-state index in [1.54, 1.807) is 6.07 Å². The van der Waals surface area contributed by atoms with Crippen LogP contribution in [0.3, 0.4) is 0 Å². The van der Waals surface area contributed by atoms with Crippen LogP contribution in [0, 0.1) is 5.41 Å². The van der Waals surface area contributed by atoms with Crippen molar-refractivity contribution in [3.63, 3.8) is 0 Å². The molecule has 2 heterocycles. The molecule has 0 bridgehead atoms. The third kappa shape index (κ3) is 2.96. The number of thiophene rings is 1. The number of aliphatic carboxylic acids is 1. The molecule has 2 rings (SSSR count). The molecule has 0 aliphatic carbocycles. The molecule has 1 fully saturated rings. The van der Waals surface area contributed by atoms with E-state index in [0.29, 0.717) is 10.8 Å². The number of carboxylic acid groups (broad SMARTS) is 1. The van der Waals surface area contributed by atoms with Gasteiger partial charge in [-0.3, -0.25) is 4.79 Å². The number of hydrogen-bond donors (Lipinski definition) is 1. The SMILES string of the molecule is C=CCOC(=O)N1CC(Cc2ccc(Cl)s2)(C(=O)O)C1. The van der Waals surface area contributed by atoms with Gasteiger partial charge in [-0.2, -0.15) is 0 Å². The van der Waals surface area contributed by atoms with E-state index >= 15 is 0 Å². The van der Waals surface area contributed by atoms with Gasteiger partial charge in [-0.1, -0.05) is 24.3 Å². The Morgan fingerprint density at radius 3 is 2.75 bits per heavy atom. The van der Waals surface area contributed by atoms with Crippen molar-refractivity contribution < 1.29 is 19.4 Å². The molecule has 0 aromatic carbocycles. The first-order valence-electron chi connectivity index (χ1n) is 5.97. The quantitative estimate of drug-likeness (QED) is 0.848. The summed E-state index contributed by atoms with van der Waals surface area (Å²) in [6, 6.07) is 3.56. The minimum absolute atomic E-state index is 0.121. The molecule has 1 aromatic rings. The van der Waals surface area contributed by atoms with Crippen LogP contribution >= 0.6 is 22.9 Å². The molecule has 1 aliphatic heterocycles. The van der Waals surface area contributed by atoms with Gasteiger partial charge in [0.2, 0.25) is 0 Å². The van der Waals surface area contributed by atoms with Gasteiger partial charge in [-0.15, -0.1) is 11.3 Å². The normalized spacial score (nSPS) is 16.4. The maximum atomic E-state index is 11.6. The lowest BCUT2D eigenvalue weighted by Crippen LogP contribution is -2.63. The zero-order valence-electron chi connectivity index (χ0n) is 10.7. The maximum Gasteiger partial charge on any atom is 0.410 e. The van der Waals surface area contributed by atoms with Gasteiger partial charge in [0.15, 0.2) is 0 Å². The van der Waals surface area contributed by atoms with Crippen molar-refractivity contribution in [3.05, 3.63) is 34.0 Å². The van der Waals surface area contributed by atoms with Crippen molar-refractivity contribution in [2.75, 3.05) is 19.7 Å². The molecule has 1 aliphatic rings. The van der Waals surface area contributed by atoms with Gasteiger partial charge in [0.25, 0.3) is 0 Å². The number of ether oxygens (including phenoxy) is 1. The molecule has 0 atom stereocenters. The van der Waals surface area contributed by atoms with E-state index in [2.05, 4.69) is 6.58 Å². The third-order valence-electron chi connectivity index (χ3n) is 3.17. The second kappa shape index (κ2) is 5.85. The molecule has 0 saturated carbocycles. The second-order valence-electron chi connectivity index (χ2n) is 4.69. The Hall–Kier alpha value is -1.53. The zero-order valence-corrected chi connectivity index (χ0v) is 12.2. The van der Waals surface area contributed by atoms with Crippen LogP contribution in [-0.4, -0.2) is 41.8 Å². The van der Waals surface area contributed by atoms with E-state index in [1.807, 2.05) is 6.07 Å². The van der Waals surface area contributed by atoms with Crippen LogP contribution in [0.25, 0.3) is 0 Å². The third-order valence-corrected chi connectivity index (χ3v) is 4.40. The van der Waals surface area contributed by atoms with E-state index in [1.165, 1.54) is 22.3 Å². The number of rotatable bonds is 5. The van der Waals surface area contributed by atoms with E-state index in [4.69, 9.17) is 16.3 Å². The number of likely N-dealkylation sites (tertiary alicyclic amines) is 1. The molecule has 0 radical (unpaired) electrons. The fraction of sp³-hybridized carbons (Fsp3) is 0.385. The lowest BCUT2D eigenvalue weighted by atomic mass is 9.76. The topological polar surface area (TPSA) is 66.8 Å². The summed E-state index contributed by atoms with van der Waals surface area (Å²) in [7, 11) is 0. The number of hydrogen-bond acceptors (Lipinski definition) is 4. The Balaban J connectivity index is 1.99. The fourth-order valence-electron chi connectivity index (χ4n) is 2.14. The van der Waals surface area contributed by atoms with E-state index < -0.39 is 17.5 Å². The molecule has 1 N–H and O–H groups in total. The Morgan fingerprint density at radius 2 is 2.25 bits per heavy atom. The Labute approximate surface area is 125 Å². The molecule has 1 amide bonds. The van der Waals surface area contributed by atoms with Gasteiger partial charge in [-0.25, -0.2) is 4.79 Å². The zero-order chi connectivity index (χ0) is 14.8. The van der Waals surface area contributed by atoms with E-state index in [-0.39, 0.29) is 19.7 Å². The van der Waals surface area contributed by atoms with Crippen LogP contribution in [0.1, 0.15) is 4.88 Å². The van der Waals surface area contributed by atoms with Crippen molar-refractivity contribution in [1.82, 2.24) is 4.90 Å². The molecule has 0 unspecified atom stereocenters. The van der Waals surface area contributed by atoms with Crippen molar-refractivity contribution >= 4 is 35.0 Å². The van der Waals surface area contributed by atoms with Crippen molar-refractivity contribution in [2.24, 2.45) is 5.41 Å². The van der Waals surface area contributed by atoms with Crippen LogP contribution in [0.5, 0.6) is 0 Å². The van der Waals surface area contributed by atoms with Gasteiger partial charge in [-0.05, 0) is 12.1 Å². The summed E-state index contributed by atoms with van der Waals surface area (Å²) >= 11 is 7.20. The Morgan fingerprint density at radius 1 is 1.55 bits per heavy atom. The van der Waals surface area contributed by atoms with Crippen LogP contribution in [0.4, 0.5) is 4.79 Å². The number of carboxylic acids is 1. The van der Waals surface area contributed by atoms with Crippen molar-refractivity contribution in [3.8, 4) is 0 Å². The summed E-state index contributed by atoms with van der Waals surface area (Å²) in [6.45, 7) is 3.86. The summed E-state index contributed by atoms with van der Waals surface area (Å²) in [5.41, 5.74) is -0.943. The molecular weight excluding hydrogens is 302 g/mol. The molecule has 7 heteroatoms. The minimum atomic E-state index is -0.943. The minimum Gasteiger partial charge on any atom is -0.481 e. The van der Waals surface area contributed by atoms with Gasteiger partial charge >= 0.3 is 12.1 Å². The molecule has 0 spiro atoms. The second-order valence-corrected chi connectivity index (χ2v) is 6.49. The van der Waals surface area contributed by atoms with Crippen LogP contribution in [-0.2, 0) is 16.0 Å². The fourth-order valence-corrected chi connectivity index (χ4v) is 3.37. The smallest absolute Gasteiger partial charge is 0.410 e. The van der Waals surface area contributed by atoms with Gasteiger partial charge in [0.1, 0.15) is 12.0 Å². The average molecular weight is 316 g/mol. The van der Waals surface area contributed by atoms with E-state index in [9.17, 15) is 14.7 Å². The molecule has 1 saturated heterocycles. The van der Waals surface area contributed by atoms with Gasteiger partial charge in [0, 0.05) is 24.4 Å².